The Morgan fingerprint density at radius 1 is 1.12 bits per heavy atom. The van der Waals surface area contributed by atoms with Gasteiger partial charge in [0.1, 0.15) is 4.83 Å². The summed E-state index contributed by atoms with van der Waals surface area (Å²) in [4.78, 5) is 35.2. The third-order valence-corrected chi connectivity index (χ3v) is 8.17. The van der Waals surface area contributed by atoms with Gasteiger partial charge >= 0.3 is 0 Å². The van der Waals surface area contributed by atoms with Crippen LogP contribution in [-0.2, 0) is 9.53 Å². The van der Waals surface area contributed by atoms with Gasteiger partial charge in [-0.25, -0.2) is 4.98 Å². The topological polar surface area (TPSA) is 64.4 Å². The lowest BCUT2D eigenvalue weighted by molar-refractivity contribution is -0.140. The minimum Gasteiger partial charge on any atom is -0.372 e. The normalized spacial score (nSPS) is 18.7. The molecule has 9 heteroatoms. The number of hydrogen-bond acceptors (Lipinski definition) is 7. The van der Waals surface area contributed by atoms with Gasteiger partial charge in [0, 0.05) is 28.9 Å². The number of benzene rings is 1. The molecule has 1 aromatic carbocycles. The second-order valence-electron chi connectivity index (χ2n) is 8.02. The fourth-order valence-corrected chi connectivity index (χ4v) is 6.80. The Hall–Kier alpha value is -2.46. The summed E-state index contributed by atoms with van der Waals surface area (Å²) in [6, 6.07) is 13.5. The number of thiophene rings is 2. The summed E-state index contributed by atoms with van der Waals surface area (Å²) in [5.74, 6) is 0.245. The molecule has 1 saturated heterocycles. The number of amides is 1. The Morgan fingerprint density at radius 3 is 2.58 bits per heavy atom. The molecule has 0 aliphatic carbocycles. The van der Waals surface area contributed by atoms with Gasteiger partial charge in [0.15, 0.2) is 5.16 Å². The van der Waals surface area contributed by atoms with Gasteiger partial charge in [0.25, 0.3) is 5.56 Å². The van der Waals surface area contributed by atoms with Crippen LogP contribution in [0.5, 0.6) is 0 Å². The van der Waals surface area contributed by atoms with Crippen LogP contribution in [-0.4, -0.2) is 51.4 Å². The van der Waals surface area contributed by atoms with E-state index in [2.05, 4.69) is 0 Å². The van der Waals surface area contributed by atoms with Gasteiger partial charge in [-0.1, -0.05) is 36.0 Å². The lowest BCUT2D eigenvalue weighted by Crippen LogP contribution is -2.48. The molecule has 0 bridgehead atoms. The van der Waals surface area contributed by atoms with Crippen molar-refractivity contribution in [2.45, 2.75) is 31.2 Å². The van der Waals surface area contributed by atoms with Crippen LogP contribution in [0.3, 0.4) is 0 Å². The van der Waals surface area contributed by atoms with Crippen LogP contribution in [0, 0.1) is 0 Å². The van der Waals surface area contributed by atoms with Crippen LogP contribution in [0.2, 0.25) is 0 Å². The van der Waals surface area contributed by atoms with Gasteiger partial charge in [0.05, 0.1) is 29.0 Å². The van der Waals surface area contributed by atoms with E-state index < -0.39 is 0 Å². The number of carbonyl (C=O) groups excluding carboxylic acids is 1. The van der Waals surface area contributed by atoms with E-state index in [9.17, 15) is 9.59 Å². The minimum atomic E-state index is -0.112. The summed E-state index contributed by atoms with van der Waals surface area (Å²) in [5, 5.41) is 5.15. The summed E-state index contributed by atoms with van der Waals surface area (Å²) >= 11 is 4.38. The van der Waals surface area contributed by atoms with E-state index in [-0.39, 0.29) is 29.4 Å². The maximum Gasteiger partial charge on any atom is 0.268 e. The second-order valence-corrected chi connectivity index (χ2v) is 10.8. The first-order valence-electron chi connectivity index (χ1n) is 10.7. The lowest BCUT2D eigenvalue weighted by atomic mass is 10.2. The van der Waals surface area contributed by atoms with Crippen molar-refractivity contribution in [3.8, 4) is 16.1 Å². The Morgan fingerprint density at radius 2 is 1.88 bits per heavy atom. The van der Waals surface area contributed by atoms with E-state index in [1.54, 1.807) is 15.9 Å². The van der Waals surface area contributed by atoms with Crippen molar-refractivity contribution >= 4 is 50.6 Å². The molecule has 170 valence electrons. The molecule has 1 amide bonds. The van der Waals surface area contributed by atoms with Gasteiger partial charge in [-0.05, 0) is 37.4 Å². The highest BCUT2D eigenvalue weighted by molar-refractivity contribution is 7.99. The largest absolute Gasteiger partial charge is 0.372 e. The van der Waals surface area contributed by atoms with E-state index in [0.29, 0.717) is 28.5 Å². The Balaban J connectivity index is 1.53. The molecule has 0 spiro atoms. The van der Waals surface area contributed by atoms with Crippen LogP contribution in [0.1, 0.15) is 13.8 Å². The van der Waals surface area contributed by atoms with Crippen LogP contribution >= 0.6 is 34.4 Å². The van der Waals surface area contributed by atoms with Gasteiger partial charge in [-0.15, -0.1) is 22.7 Å². The quantitative estimate of drug-likeness (QED) is 0.290. The number of ether oxygens (including phenoxy) is 1. The van der Waals surface area contributed by atoms with Gasteiger partial charge in [0.2, 0.25) is 5.91 Å². The number of nitrogens with zero attached hydrogens (tertiary/aromatic N) is 3. The highest BCUT2D eigenvalue weighted by Crippen LogP contribution is 2.35. The summed E-state index contributed by atoms with van der Waals surface area (Å²) < 4.78 is 7.38. The molecule has 4 aromatic rings. The summed E-state index contributed by atoms with van der Waals surface area (Å²) in [6.07, 6.45) is 0.0305. The van der Waals surface area contributed by atoms with E-state index in [1.165, 1.54) is 23.1 Å². The predicted molar refractivity (Wildman–Crippen MR) is 136 cm³/mol. The van der Waals surface area contributed by atoms with Crippen molar-refractivity contribution in [3.05, 3.63) is 63.6 Å². The van der Waals surface area contributed by atoms with Crippen LogP contribution in [0.15, 0.2) is 63.2 Å². The van der Waals surface area contributed by atoms with Crippen molar-refractivity contribution < 1.29 is 9.53 Å². The molecule has 1 aliphatic rings. The van der Waals surface area contributed by atoms with Crippen LogP contribution in [0.25, 0.3) is 26.3 Å². The SMILES string of the molecule is C[C@H]1CN(C(=O)CSc2nc3scc(-c4cccs4)c3c(=O)n2-c2ccccc2)C[C@H](C)O1. The number of thioether (sulfide) groups is 1. The smallest absolute Gasteiger partial charge is 0.268 e. The summed E-state index contributed by atoms with van der Waals surface area (Å²) in [7, 11) is 0. The Bertz CT molecular complexity index is 1320. The molecule has 33 heavy (non-hydrogen) atoms. The standard InChI is InChI=1S/C24H23N3O3S3/c1-15-11-26(12-16(2)30-15)20(28)14-33-24-25-22-21(18(13-32-22)19-9-6-10-31-19)23(29)27(24)17-7-4-3-5-8-17/h3-10,13,15-16H,11-12,14H2,1-2H3/t15-,16-/m0/s1. The average molecular weight is 498 g/mol. The number of carbonyl (C=O) groups is 1. The minimum absolute atomic E-state index is 0.0152. The highest BCUT2D eigenvalue weighted by Gasteiger charge is 2.26. The lowest BCUT2D eigenvalue weighted by Gasteiger charge is -2.35. The Labute approximate surface area is 203 Å². The first-order valence-corrected chi connectivity index (χ1v) is 13.5. The van der Waals surface area contributed by atoms with Gasteiger partial charge in [-0.3, -0.25) is 14.2 Å². The average Bonchev–Trinajstić information content (AvgIpc) is 3.47. The molecule has 0 unspecified atom stereocenters. The molecule has 6 nitrogen and oxygen atoms in total. The third-order valence-electron chi connectivity index (χ3n) is 5.48. The maximum absolute atomic E-state index is 13.8. The van der Waals surface area contributed by atoms with Gasteiger partial charge < -0.3 is 9.64 Å². The predicted octanol–water partition coefficient (Wildman–Crippen LogP) is 4.90. The third kappa shape index (κ3) is 4.50. The molecule has 0 saturated carbocycles. The second kappa shape index (κ2) is 9.42. The Kier molecular flexibility index (Phi) is 6.38. The van der Waals surface area contributed by atoms with Crippen LogP contribution < -0.4 is 5.56 Å². The zero-order valence-corrected chi connectivity index (χ0v) is 20.7. The molecule has 5 rings (SSSR count). The monoisotopic (exact) mass is 497 g/mol. The number of fused-ring (bicyclic) bond motifs is 1. The molecule has 4 heterocycles. The first-order chi connectivity index (χ1) is 16.0. The van der Waals surface area contributed by atoms with Crippen molar-refractivity contribution in [2.75, 3.05) is 18.8 Å². The molecular weight excluding hydrogens is 474 g/mol. The highest BCUT2D eigenvalue weighted by atomic mass is 32.2. The van der Waals surface area contributed by atoms with E-state index in [1.807, 2.05) is 72.0 Å². The molecule has 1 aliphatic heterocycles. The van der Waals surface area contributed by atoms with Crippen LogP contribution in [0.4, 0.5) is 0 Å². The number of aromatic nitrogens is 2. The molecular formula is C24H23N3O3S3. The van der Waals surface area contributed by atoms with Crippen molar-refractivity contribution in [3.63, 3.8) is 0 Å². The zero-order chi connectivity index (χ0) is 22.9. The number of para-hydroxylation sites is 1. The molecule has 0 radical (unpaired) electrons. The molecule has 1 fully saturated rings. The van der Waals surface area contributed by atoms with Gasteiger partial charge in [-0.2, -0.15) is 0 Å². The van der Waals surface area contributed by atoms with Crippen molar-refractivity contribution in [2.24, 2.45) is 0 Å². The van der Waals surface area contributed by atoms with Crippen molar-refractivity contribution in [1.82, 2.24) is 14.5 Å². The van der Waals surface area contributed by atoms with E-state index in [4.69, 9.17) is 9.72 Å². The summed E-state index contributed by atoms with van der Waals surface area (Å²) in [6.45, 7) is 5.12. The maximum atomic E-state index is 13.8. The summed E-state index contributed by atoms with van der Waals surface area (Å²) in [5.41, 5.74) is 1.54. The molecule has 0 N–H and O–H groups in total. The van der Waals surface area contributed by atoms with E-state index >= 15 is 0 Å². The molecule has 2 atom stereocenters. The number of rotatable bonds is 5. The molecule has 3 aromatic heterocycles. The van der Waals surface area contributed by atoms with Crippen molar-refractivity contribution in [1.29, 1.82) is 0 Å². The fraction of sp³-hybridized carbons (Fsp3) is 0.292. The first kappa shape index (κ1) is 22.3. The fourth-order valence-electron chi connectivity index (χ4n) is 4.09. The number of morpholine rings is 1. The van der Waals surface area contributed by atoms with E-state index in [0.717, 1.165) is 16.1 Å². The number of hydrogen-bond donors (Lipinski definition) is 0. The zero-order valence-electron chi connectivity index (χ0n) is 18.3.